The van der Waals surface area contributed by atoms with Crippen LogP contribution in [0.2, 0.25) is 0 Å². The molecule has 0 bridgehead atoms. The van der Waals surface area contributed by atoms with Gasteiger partial charge in [0.25, 0.3) is 0 Å². The average Bonchev–Trinajstić information content (AvgIpc) is 3.54. The smallest absolute Gasteiger partial charge is 0.249 e. The van der Waals surface area contributed by atoms with Crippen LogP contribution < -0.4 is 31.1 Å². The fraction of sp³-hybridized carbons (Fsp3) is 0.259. The summed E-state index contributed by atoms with van der Waals surface area (Å²) in [6.07, 6.45) is 2.27. The van der Waals surface area contributed by atoms with E-state index < -0.39 is 24.2 Å². The van der Waals surface area contributed by atoms with E-state index in [1.165, 1.54) is 0 Å². The van der Waals surface area contributed by atoms with Gasteiger partial charge in [0.15, 0.2) is 0 Å². The minimum absolute atomic E-state index is 0.128. The second-order valence-corrected chi connectivity index (χ2v) is 16.8. The molecule has 2 heterocycles. The third kappa shape index (κ3) is 9.54. The molecule has 64 heavy (non-hydrogen) atoms. The summed E-state index contributed by atoms with van der Waals surface area (Å²) in [5.74, 6) is -0.678. The van der Waals surface area contributed by atoms with Crippen LogP contribution in [-0.4, -0.2) is 61.9 Å². The lowest BCUT2D eigenvalue weighted by molar-refractivity contribution is -0.128. The van der Waals surface area contributed by atoms with Gasteiger partial charge in [-0.1, -0.05) is 121 Å². The number of fused-ring (bicyclic) bond motifs is 2. The lowest BCUT2D eigenvalue weighted by atomic mass is 9.95. The third-order valence-electron chi connectivity index (χ3n) is 12.7. The molecule has 6 aromatic carbocycles. The quantitative estimate of drug-likeness (QED) is 0.0940. The zero-order valence-corrected chi connectivity index (χ0v) is 36.9. The highest BCUT2D eigenvalue weighted by Crippen LogP contribution is 2.36. The van der Waals surface area contributed by atoms with Gasteiger partial charge in [-0.25, -0.2) is 0 Å². The molecule has 4 amide bonds. The number of para-hydroxylation sites is 1. The van der Waals surface area contributed by atoms with Crippen LogP contribution in [0.5, 0.6) is 0 Å². The predicted molar refractivity (Wildman–Crippen MR) is 256 cm³/mol. The lowest BCUT2D eigenvalue weighted by Gasteiger charge is -2.28. The Morgan fingerprint density at radius 3 is 1.73 bits per heavy atom. The van der Waals surface area contributed by atoms with E-state index >= 15 is 0 Å². The van der Waals surface area contributed by atoms with E-state index in [2.05, 4.69) is 100 Å². The number of likely N-dealkylation sites (N-methyl/N-ethyl adjacent to an activating group) is 2. The fourth-order valence-electron chi connectivity index (χ4n) is 8.74. The number of benzene rings is 6. The molecule has 0 aliphatic carbocycles. The summed E-state index contributed by atoms with van der Waals surface area (Å²) >= 11 is 0. The molecule has 8 rings (SSSR count). The van der Waals surface area contributed by atoms with Crippen LogP contribution in [0, 0.1) is 0 Å². The van der Waals surface area contributed by atoms with E-state index in [1.54, 1.807) is 27.9 Å². The molecule has 2 aliphatic heterocycles. The van der Waals surface area contributed by atoms with Crippen molar-refractivity contribution in [3.05, 3.63) is 168 Å². The van der Waals surface area contributed by atoms with Crippen LogP contribution >= 0.6 is 0 Å². The number of aryl methyl sites for hydroxylation is 2. The monoisotopic (exact) mass is 852 g/mol. The molecular weight excluding hydrogens is 797 g/mol. The van der Waals surface area contributed by atoms with Crippen molar-refractivity contribution < 1.29 is 19.2 Å². The van der Waals surface area contributed by atoms with E-state index in [-0.39, 0.29) is 23.6 Å². The van der Waals surface area contributed by atoms with Gasteiger partial charge in [-0.3, -0.25) is 19.2 Å². The number of nitrogens with one attached hydrogen (secondary N) is 4. The number of carbonyl (C=O) groups is 4. The highest BCUT2D eigenvalue weighted by molar-refractivity contribution is 6.02. The largest absolute Gasteiger partial charge is 0.343 e. The number of carbonyl (C=O) groups excluding carboxylic acids is 4. The maximum absolute atomic E-state index is 14.4. The van der Waals surface area contributed by atoms with Crippen LogP contribution in [0.15, 0.2) is 146 Å². The van der Waals surface area contributed by atoms with E-state index in [0.29, 0.717) is 38.8 Å². The molecule has 4 N–H and O–H groups in total. The second kappa shape index (κ2) is 19.7. The topological polar surface area (TPSA) is 123 Å². The zero-order valence-electron chi connectivity index (χ0n) is 36.9. The minimum atomic E-state index is -0.680. The number of nitrogens with zero attached hydrogens (tertiary/aromatic N) is 2. The molecule has 10 heteroatoms. The third-order valence-corrected chi connectivity index (χ3v) is 12.7. The maximum Gasteiger partial charge on any atom is 0.249 e. The Labute approximate surface area is 376 Å². The first-order chi connectivity index (χ1) is 31.1. The highest BCUT2D eigenvalue weighted by atomic mass is 16.2. The van der Waals surface area contributed by atoms with Gasteiger partial charge >= 0.3 is 0 Å². The summed E-state index contributed by atoms with van der Waals surface area (Å²) in [7, 11) is 3.47. The van der Waals surface area contributed by atoms with Crippen molar-refractivity contribution in [2.75, 3.05) is 23.9 Å². The van der Waals surface area contributed by atoms with Crippen molar-refractivity contribution in [1.82, 2.24) is 21.3 Å². The van der Waals surface area contributed by atoms with Gasteiger partial charge in [-0.05, 0) is 134 Å². The molecule has 0 saturated heterocycles. The molecule has 326 valence electrons. The standard InChI is InChI=1S/C54H56N6O4/c1-35(55-3)51(61)57-47-28-25-41-16-9-11-20-49(41)60(54(47)64)34-45-17-8-10-19-46(45)40-23-21-39(22-24-40)43-27-30-50-44(32-43)26-29-48(58-52(62)36(2)56-4)53(63)59(50)33-37-13-12-18-42(31-37)38-14-6-5-7-15-38/h5-24,27,30-32,35-36,47-48,55-56H,25-26,28-29,33-34H2,1-4H3,(H,57,61)(H,58,62). The first-order valence-electron chi connectivity index (χ1n) is 22.2. The molecule has 4 atom stereocenters. The summed E-state index contributed by atoms with van der Waals surface area (Å²) in [5.41, 5.74) is 12.1. The van der Waals surface area contributed by atoms with Gasteiger partial charge in [0.1, 0.15) is 12.1 Å². The van der Waals surface area contributed by atoms with Crippen molar-refractivity contribution >= 4 is 35.0 Å². The highest BCUT2D eigenvalue weighted by Gasteiger charge is 2.34. The van der Waals surface area contributed by atoms with E-state index in [4.69, 9.17) is 0 Å². The number of hydrogen-bond donors (Lipinski definition) is 4. The predicted octanol–water partition coefficient (Wildman–Crippen LogP) is 7.83. The average molecular weight is 853 g/mol. The summed E-state index contributed by atoms with van der Waals surface area (Å²) in [5, 5.41) is 12.0. The van der Waals surface area contributed by atoms with Gasteiger partial charge in [-0.2, -0.15) is 0 Å². The van der Waals surface area contributed by atoms with Crippen molar-refractivity contribution in [1.29, 1.82) is 0 Å². The molecule has 0 saturated carbocycles. The number of anilines is 2. The first kappa shape index (κ1) is 43.8. The van der Waals surface area contributed by atoms with Crippen LogP contribution in [0.1, 0.15) is 48.9 Å². The number of hydrogen-bond acceptors (Lipinski definition) is 6. The van der Waals surface area contributed by atoms with Crippen LogP contribution in [0.4, 0.5) is 11.4 Å². The Hall–Kier alpha value is -6.88. The zero-order chi connectivity index (χ0) is 44.7. The van der Waals surface area contributed by atoms with E-state index in [0.717, 1.165) is 67.0 Å². The first-order valence-corrected chi connectivity index (χ1v) is 22.2. The minimum Gasteiger partial charge on any atom is -0.343 e. The molecule has 6 aromatic rings. The lowest BCUT2D eigenvalue weighted by Crippen LogP contribution is -2.52. The van der Waals surface area contributed by atoms with Crippen LogP contribution in [0.3, 0.4) is 0 Å². The van der Waals surface area contributed by atoms with Gasteiger partial charge < -0.3 is 31.1 Å². The second-order valence-electron chi connectivity index (χ2n) is 16.8. The maximum atomic E-state index is 14.4. The Bertz CT molecular complexity index is 2650. The van der Waals surface area contributed by atoms with Crippen molar-refractivity contribution in [2.45, 2.75) is 76.8 Å². The normalized spacial score (nSPS) is 17.1. The van der Waals surface area contributed by atoms with Crippen LogP contribution in [-0.2, 0) is 45.1 Å². The molecule has 0 aromatic heterocycles. The Balaban J connectivity index is 1.07. The van der Waals surface area contributed by atoms with Crippen LogP contribution in [0.25, 0.3) is 33.4 Å². The van der Waals surface area contributed by atoms with E-state index in [1.807, 2.05) is 76.5 Å². The fourth-order valence-corrected chi connectivity index (χ4v) is 8.74. The summed E-state index contributed by atoms with van der Waals surface area (Å²) in [6, 6.07) is 47.2. The van der Waals surface area contributed by atoms with Crippen molar-refractivity contribution in [3.63, 3.8) is 0 Å². The van der Waals surface area contributed by atoms with Gasteiger partial charge in [-0.15, -0.1) is 0 Å². The number of amides is 4. The molecule has 10 nitrogen and oxygen atoms in total. The molecule has 0 spiro atoms. The van der Waals surface area contributed by atoms with Gasteiger partial charge in [0, 0.05) is 11.4 Å². The molecule has 0 fully saturated rings. The number of rotatable bonds is 13. The Kier molecular flexibility index (Phi) is 13.4. The summed E-state index contributed by atoms with van der Waals surface area (Å²) < 4.78 is 0. The van der Waals surface area contributed by atoms with Crippen molar-refractivity contribution in [3.8, 4) is 33.4 Å². The Morgan fingerprint density at radius 2 is 1.05 bits per heavy atom. The van der Waals surface area contributed by atoms with Gasteiger partial charge in [0.2, 0.25) is 23.6 Å². The SMILES string of the molecule is CNC(C)C(=O)NC1CCc2cc(-c3ccc(-c4ccccc4CN4C(=O)C(NC(=O)C(C)NC)CCc5ccccc54)cc3)ccc2N(Cc2cccc(-c3ccccc3)c2)C1=O. The molecular formula is C54H56N6O4. The Morgan fingerprint density at radius 1 is 0.531 bits per heavy atom. The molecule has 2 aliphatic rings. The molecule has 4 unspecified atom stereocenters. The molecule has 0 radical (unpaired) electrons. The summed E-state index contributed by atoms with van der Waals surface area (Å²) in [6.45, 7) is 4.27. The van der Waals surface area contributed by atoms with E-state index in [9.17, 15) is 19.2 Å². The van der Waals surface area contributed by atoms with Gasteiger partial charge in [0.05, 0.1) is 25.2 Å². The van der Waals surface area contributed by atoms with Crippen molar-refractivity contribution in [2.24, 2.45) is 0 Å². The summed E-state index contributed by atoms with van der Waals surface area (Å²) in [4.78, 5) is 58.4.